The van der Waals surface area contributed by atoms with Gasteiger partial charge in [0.1, 0.15) is 5.75 Å². The van der Waals surface area contributed by atoms with Crippen LogP contribution in [-0.2, 0) is 0 Å². The van der Waals surface area contributed by atoms with E-state index in [0.29, 0.717) is 39.8 Å². The number of nitrogens with one attached hydrogen (secondary N) is 3. The van der Waals surface area contributed by atoms with Gasteiger partial charge in [-0.2, -0.15) is 0 Å². The Labute approximate surface area is 202 Å². The zero-order valence-electron chi connectivity index (χ0n) is 19.9. The summed E-state index contributed by atoms with van der Waals surface area (Å²) >= 11 is 1.41. The van der Waals surface area contributed by atoms with Crippen molar-refractivity contribution in [3.05, 3.63) is 57.7 Å². The number of amides is 1. The molecule has 34 heavy (non-hydrogen) atoms. The number of ether oxygens (including phenoxy) is 1. The number of rotatable bonds is 6. The van der Waals surface area contributed by atoms with Crippen LogP contribution in [0.1, 0.15) is 43.8 Å². The summed E-state index contributed by atoms with van der Waals surface area (Å²) in [7, 11) is 3.75. The largest absolute Gasteiger partial charge is 0.455 e. The number of carbonyl (C=O) groups excluding carboxylic acids is 2. The summed E-state index contributed by atoms with van der Waals surface area (Å²) in [6.45, 7) is 5.88. The molecule has 3 aromatic rings. The van der Waals surface area contributed by atoms with Crippen LogP contribution in [0.5, 0.6) is 5.75 Å². The molecule has 1 saturated heterocycles. The Hall–Kier alpha value is -3.27. The highest BCUT2D eigenvalue weighted by Gasteiger charge is 2.38. The Morgan fingerprint density at radius 1 is 1.32 bits per heavy atom. The number of aliphatic hydroxyl groups excluding tert-OH is 1. The Kier molecular flexibility index (Phi) is 8.03. The lowest BCUT2D eigenvalue weighted by molar-refractivity contribution is -0.0357. The highest BCUT2D eigenvalue weighted by molar-refractivity contribution is 7.20. The zero-order valence-corrected chi connectivity index (χ0v) is 20.7. The number of fused-ring (bicyclic) bond motifs is 1. The van der Waals surface area contributed by atoms with E-state index in [1.165, 1.54) is 17.4 Å². The van der Waals surface area contributed by atoms with Gasteiger partial charge in [0.05, 0.1) is 28.3 Å². The summed E-state index contributed by atoms with van der Waals surface area (Å²) in [5, 5.41) is 21.0. The fourth-order valence-corrected chi connectivity index (χ4v) is 4.81. The molecule has 2 unspecified atom stereocenters. The molecule has 0 bridgehead atoms. The number of aromatic amines is 1. The Balaban J connectivity index is 0.00000103. The number of thiophene rings is 1. The number of β-amino-alcohol motifs (C(OH)–C–C–N with tert-alkyl or cyclic N) is 1. The molecule has 0 radical (unpaired) electrons. The first-order chi connectivity index (χ1) is 16.3. The highest BCUT2D eigenvalue weighted by atomic mass is 32.1. The number of nitrogens with zero attached hydrogens (tertiary/aromatic N) is 1. The fraction of sp³-hybridized carbons (Fsp3) is 0.320. The second-order valence-electron chi connectivity index (χ2n) is 8.13. The monoisotopic (exact) mass is 482 g/mol. The van der Waals surface area contributed by atoms with E-state index in [2.05, 4.69) is 10.3 Å². The number of likely N-dealkylation sites (tertiary alicyclic amines) is 1. The maximum absolute atomic E-state index is 12.8. The van der Waals surface area contributed by atoms with Crippen LogP contribution in [0.25, 0.3) is 15.8 Å². The van der Waals surface area contributed by atoms with Crippen LogP contribution in [-0.4, -0.2) is 66.2 Å². The molecule has 1 fully saturated rings. The van der Waals surface area contributed by atoms with Gasteiger partial charge >= 0.3 is 0 Å². The molecule has 0 aliphatic carbocycles. The van der Waals surface area contributed by atoms with Gasteiger partial charge in [-0.3, -0.25) is 9.59 Å². The van der Waals surface area contributed by atoms with Crippen LogP contribution in [0.15, 0.2) is 30.5 Å². The van der Waals surface area contributed by atoms with Crippen LogP contribution < -0.4 is 10.1 Å². The van der Waals surface area contributed by atoms with E-state index in [9.17, 15) is 14.7 Å². The Morgan fingerprint density at radius 3 is 2.62 bits per heavy atom. The lowest BCUT2D eigenvalue weighted by Crippen LogP contribution is -2.60. The minimum absolute atomic E-state index is 0.149. The summed E-state index contributed by atoms with van der Waals surface area (Å²) in [4.78, 5) is 29.5. The van der Waals surface area contributed by atoms with Crippen molar-refractivity contribution in [3.63, 3.8) is 0 Å². The number of hydrogen-bond acceptors (Lipinski definition) is 7. The van der Waals surface area contributed by atoms with Gasteiger partial charge in [-0.1, -0.05) is 0 Å². The van der Waals surface area contributed by atoms with Crippen molar-refractivity contribution in [1.29, 1.82) is 5.41 Å². The molecule has 4 N–H and O–H groups in total. The second kappa shape index (κ2) is 10.8. The first-order valence-electron chi connectivity index (χ1n) is 10.9. The topological polar surface area (TPSA) is 119 Å². The summed E-state index contributed by atoms with van der Waals surface area (Å²) < 4.78 is 7.02. The first-order valence-corrected chi connectivity index (χ1v) is 11.7. The molecule has 9 heteroatoms. The first kappa shape index (κ1) is 25.4. The number of aliphatic hydroxyl groups is 1. The predicted molar refractivity (Wildman–Crippen MR) is 136 cm³/mol. The molecule has 4 rings (SSSR count). The van der Waals surface area contributed by atoms with Crippen LogP contribution >= 0.6 is 11.3 Å². The van der Waals surface area contributed by atoms with Gasteiger partial charge in [0.2, 0.25) is 0 Å². The van der Waals surface area contributed by atoms with Crippen molar-refractivity contribution >= 4 is 45.6 Å². The number of benzene rings is 1. The minimum Gasteiger partial charge on any atom is -0.455 e. The number of H-pyrrole nitrogens is 1. The van der Waals surface area contributed by atoms with Crippen molar-refractivity contribution < 1.29 is 19.4 Å². The number of aryl methyl sites for hydroxylation is 1. The molecular formula is C25H30N4O4S. The average molecular weight is 483 g/mol. The third-order valence-electron chi connectivity index (χ3n) is 5.83. The summed E-state index contributed by atoms with van der Waals surface area (Å²) in [6.07, 6.45) is 4.65. The van der Waals surface area contributed by atoms with Crippen molar-refractivity contribution in [2.24, 2.45) is 0 Å². The molecule has 2 aromatic heterocycles. The third-order valence-corrected chi connectivity index (χ3v) is 7.01. The summed E-state index contributed by atoms with van der Waals surface area (Å²) in [5.41, 5.74) is 2.78. The molecule has 0 saturated carbocycles. The van der Waals surface area contributed by atoms with Crippen LogP contribution in [0.2, 0.25) is 0 Å². The fourth-order valence-electron chi connectivity index (χ4n) is 3.76. The highest BCUT2D eigenvalue weighted by Crippen LogP contribution is 2.34. The van der Waals surface area contributed by atoms with E-state index >= 15 is 0 Å². The molecule has 180 valence electrons. The number of allylic oxidation sites excluding steroid dienone is 1. The van der Waals surface area contributed by atoms with Crippen LogP contribution in [0.3, 0.4) is 0 Å². The van der Waals surface area contributed by atoms with Gasteiger partial charge in [-0.15, -0.1) is 11.3 Å². The van der Waals surface area contributed by atoms with E-state index in [0.717, 1.165) is 28.2 Å². The maximum Gasteiger partial charge on any atom is 0.256 e. The maximum atomic E-state index is 12.8. The average Bonchev–Trinajstić information content (AvgIpc) is 3.36. The molecule has 2 atom stereocenters. The van der Waals surface area contributed by atoms with Crippen LogP contribution in [0.4, 0.5) is 0 Å². The van der Waals surface area contributed by atoms with Crippen molar-refractivity contribution in [2.75, 3.05) is 20.6 Å². The van der Waals surface area contributed by atoms with E-state index in [1.807, 2.05) is 53.1 Å². The van der Waals surface area contributed by atoms with Gasteiger partial charge in [0.25, 0.3) is 5.91 Å². The lowest BCUT2D eigenvalue weighted by atomic mass is 9.99. The number of carbonyl (C=O) groups is 2. The molecule has 1 aliphatic rings. The third kappa shape index (κ3) is 4.82. The SMILES string of the molecule is CNC.Cc1c(C(=O)N2CC(O)C2C)c[nH]c1/C(=C\C=N)Oc1ccc2c(C)c(C=O)sc2c1. The Morgan fingerprint density at radius 2 is 2.03 bits per heavy atom. The van der Waals surface area contributed by atoms with E-state index in [-0.39, 0.29) is 11.9 Å². The number of aldehydes is 1. The quantitative estimate of drug-likeness (QED) is 0.242. The predicted octanol–water partition coefficient (Wildman–Crippen LogP) is 3.77. The van der Waals surface area contributed by atoms with Gasteiger partial charge in [0.15, 0.2) is 12.0 Å². The van der Waals surface area contributed by atoms with E-state index in [4.69, 9.17) is 10.1 Å². The number of aromatic nitrogens is 1. The Bertz CT molecular complexity index is 1240. The molecular weight excluding hydrogens is 452 g/mol. The van der Waals surface area contributed by atoms with Gasteiger partial charge in [-0.05, 0) is 69.6 Å². The summed E-state index contributed by atoms with van der Waals surface area (Å²) in [5.74, 6) is 0.830. The van der Waals surface area contributed by atoms with Crippen LogP contribution in [0, 0.1) is 19.3 Å². The number of hydrogen-bond donors (Lipinski definition) is 4. The van der Waals surface area contributed by atoms with Gasteiger partial charge in [0, 0.05) is 29.7 Å². The standard InChI is InChI=1S/C23H23N3O4S.C2H7N/c1-12-16-5-4-15(8-20(16)31-21(12)11-27)30-19(6-7-24)22-13(2)17(9-25-22)23(29)26-10-18(28)14(26)3;1-3-2/h4-9,11,14,18,24-25,28H,10H2,1-3H3;3H,1-2H3/b19-6+,24-7?;. The molecule has 1 aliphatic heterocycles. The normalized spacial score (nSPS) is 17.6. The molecule has 3 heterocycles. The van der Waals surface area contributed by atoms with Gasteiger partial charge < -0.3 is 30.5 Å². The second-order valence-corrected chi connectivity index (χ2v) is 9.22. The molecule has 8 nitrogen and oxygen atoms in total. The minimum atomic E-state index is -0.491. The van der Waals surface area contributed by atoms with Crippen molar-refractivity contribution in [2.45, 2.75) is 32.9 Å². The smallest absolute Gasteiger partial charge is 0.256 e. The van der Waals surface area contributed by atoms with E-state index < -0.39 is 6.10 Å². The molecule has 0 spiro atoms. The van der Waals surface area contributed by atoms with E-state index in [1.54, 1.807) is 11.1 Å². The lowest BCUT2D eigenvalue weighted by Gasteiger charge is -2.43. The molecule has 1 amide bonds. The summed E-state index contributed by atoms with van der Waals surface area (Å²) in [6, 6.07) is 5.39. The zero-order chi connectivity index (χ0) is 25.0. The van der Waals surface area contributed by atoms with Crippen molar-refractivity contribution in [3.8, 4) is 5.75 Å². The van der Waals surface area contributed by atoms with Gasteiger partial charge in [-0.25, -0.2) is 0 Å². The van der Waals surface area contributed by atoms with Crippen molar-refractivity contribution in [1.82, 2.24) is 15.2 Å². The molecule has 1 aromatic carbocycles.